The molecule has 0 aliphatic rings. The van der Waals surface area contributed by atoms with Crippen molar-refractivity contribution in [2.45, 2.75) is 6.92 Å². The Balaban J connectivity index is 2.66. The first-order valence-corrected chi connectivity index (χ1v) is 5.72. The van der Waals surface area contributed by atoms with Crippen molar-refractivity contribution in [3.05, 3.63) is 57.6 Å². The molecule has 2 aromatic rings. The van der Waals surface area contributed by atoms with Crippen LogP contribution in [0, 0.1) is 17.0 Å². The highest BCUT2D eigenvalue weighted by molar-refractivity contribution is 5.90. The van der Waals surface area contributed by atoms with Gasteiger partial charge in [-0.15, -0.1) is 0 Å². The van der Waals surface area contributed by atoms with Gasteiger partial charge in [0, 0.05) is 11.6 Å². The highest BCUT2D eigenvalue weighted by Crippen LogP contribution is 2.38. The summed E-state index contributed by atoms with van der Waals surface area (Å²) in [6, 6.07) is 8.72. The van der Waals surface area contributed by atoms with Gasteiger partial charge in [0.25, 0.3) is 0 Å². The van der Waals surface area contributed by atoms with Gasteiger partial charge in [0.1, 0.15) is 0 Å². The van der Waals surface area contributed by atoms with Gasteiger partial charge in [-0.2, -0.15) is 0 Å². The first-order valence-electron chi connectivity index (χ1n) is 5.72. The lowest BCUT2D eigenvalue weighted by Gasteiger charge is -2.07. The Hall–Kier alpha value is -2.89. The predicted molar refractivity (Wildman–Crippen MR) is 71.9 cm³/mol. The maximum atomic E-state index is 10.9. The van der Waals surface area contributed by atoms with Crippen LogP contribution >= 0.6 is 0 Å². The zero-order valence-electron chi connectivity index (χ0n) is 10.5. The maximum Gasteiger partial charge on any atom is 0.335 e. The zero-order valence-corrected chi connectivity index (χ0v) is 10.5. The van der Waals surface area contributed by atoms with Crippen LogP contribution in [0.2, 0.25) is 0 Å². The topological polar surface area (TPSA) is 101 Å². The molecule has 0 spiro atoms. The number of phenols is 1. The average Bonchev–Trinajstić information content (AvgIpc) is 2.40. The Labute approximate surface area is 114 Å². The van der Waals surface area contributed by atoms with E-state index in [9.17, 15) is 20.0 Å². The van der Waals surface area contributed by atoms with Crippen LogP contribution in [0.25, 0.3) is 11.1 Å². The molecule has 0 radical (unpaired) electrons. The number of benzene rings is 2. The minimum absolute atomic E-state index is 0.0473. The number of rotatable bonds is 3. The van der Waals surface area contributed by atoms with Crippen molar-refractivity contribution in [2.24, 2.45) is 0 Å². The van der Waals surface area contributed by atoms with Gasteiger partial charge in [-0.1, -0.05) is 12.1 Å². The minimum Gasteiger partial charge on any atom is -0.502 e. The van der Waals surface area contributed by atoms with Crippen molar-refractivity contribution in [3.8, 4) is 16.9 Å². The van der Waals surface area contributed by atoms with Crippen molar-refractivity contribution in [1.82, 2.24) is 0 Å². The molecule has 6 heteroatoms. The van der Waals surface area contributed by atoms with Gasteiger partial charge in [0.15, 0.2) is 0 Å². The van der Waals surface area contributed by atoms with Gasteiger partial charge < -0.3 is 10.2 Å². The van der Waals surface area contributed by atoms with Crippen molar-refractivity contribution < 1.29 is 19.9 Å². The highest BCUT2D eigenvalue weighted by Gasteiger charge is 2.19. The van der Waals surface area contributed by atoms with Crippen LogP contribution < -0.4 is 0 Å². The first kappa shape index (κ1) is 13.5. The number of carboxylic acids is 1. The number of carboxylic acid groups (broad SMARTS) is 1. The number of hydrogen-bond donors (Lipinski definition) is 2. The zero-order chi connectivity index (χ0) is 14.9. The van der Waals surface area contributed by atoms with Gasteiger partial charge in [0.05, 0.1) is 10.5 Å². The van der Waals surface area contributed by atoms with Crippen molar-refractivity contribution in [1.29, 1.82) is 0 Å². The number of aryl methyl sites for hydroxylation is 1. The molecule has 2 N–H and O–H groups in total. The normalized spacial score (nSPS) is 10.2. The smallest absolute Gasteiger partial charge is 0.335 e. The van der Waals surface area contributed by atoms with Crippen LogP contribution in [0.4, 0.5) is 5.69 Å². The third kappa shape index (κ3) is 2.44. The van der Waals surface area contributed by atoms with Crippen LogP contribution in [0.15, 0.2) is 36.4 Å². The quantitative estimate of drug-likeness (QED) is 0.661. The molecule has 0 saturated heterocycles. The molecule has 20 heavy (non-hydrogen) atoms. The summed E-state index contributed by atoms with van der Waals surface area (Å²) in [6.07, 6.45) is 0. The number of aromatic carboxylic acids is 1. The van der Waals surface area contributed by atoms with Gasteiger partial charge in [-0.3, -0.25) is 10.1 Å². The van der Waals surface area contributed by atoms with Gasteiger partial charge >= 0.3 is 11.7 Å². The fourth-order valence-corrected chi connectivity index (χ4v) is 1.94. The van der Waals surface area contributed by atoms with Gasteiger partial charge in [-0.05, 0) is 36.2 Å². The molecule has 0 atom stereocenters. The highest BCUT2D eigenvalue weighted by atomic mass is 16.6. The van der Waals surface area contributed by atoms with Gasteiger partial charge in [0.2, 0.25) is 5.75 Å². The standard InChI is InChI=1S/C14H11NO5/c1-8-5-11(13(16)12(6-8)15(19)20)9-3-2-4-10(7-9)14(17)18/h2-7,16H,1H3,(H,17,18). The number of aromatic hydroxyl groups is 1. The van der Waals surface area contributed by atoms with E-state index in [0.29, 0.717) is 11.1 Å². The monoisotopic (exact) mass is 273 g/mol. The van der Waals surface area contributed by atoms with Crippen LogP contribution in [0.5, 0.6) is 5.75 Å². The second-order valence-corrected chi connectivity index (χ2v) is 4.32. The molecule has 102 valence electrons. The summed E-state index contributed by atoms with van der Waals surface area (Å²) in [5.74, 6) is -1.57. The lowest BCUT2D eigenvalue weighted by Crippen LogP contribution is -1.96. The maximum absolute atomic E-state index is 10.9. The number of hydrogen-bond acceptors (Lipinski definition) is 4. The van der Waals surface area contributed by atoms with Crippen LogP contribution in [-0.2, 0) is 0 Å². The third-order valence-corrected chi connectivity index (χ3v) is 2.85. The van der Waals surface area contributed by atoms with E-state index >= 15 is 0 Å². The Morgan fingerprint density at radius 3 is 2.55 bits per heavy atom. The number of phenolic OH excluding ortho intramolecular Hbond substituents is 1. The molecule has 0 aliphatic carbocycles. The Morgan fingerprint density at radius 2 is 1.95 bits per heavy atom. The molecule has 0 aliphatic heterocycles. The Bertz CT molecular complexity index is 709. The second-order valence-electron chi connectivity index (χ2n) is 4.32. The minimum atomic E-state index is -1.10. The summed E-state index contributed by atoms with van der Waals surface area (Å²) in [5.41, 5.74) is 0.894. The second kappa shape index (κ2) is 5.00. The lowest BCUT2D eigenvalue weighted by molar-refractivity contribution is -0.385. The number of carbonyl (C=O) groups is 1. The largest absolute Gasteiger partial charge is 0.502 e. The van der Waals surface area contributed by atoms with E-state index in [1.54, 1.807) is 19.1 Å². The molecular formula is C14H11NO5. The van der Waals surface area contributed by atoms with E-state index < -0.39 is 22.3 Å². The molecule has 0 amide bonds. The lowest BCUT2D eigenvalue weighted by atomic mass is 9.99. The first-order chi connectivity index (χ1) is 9.40. The molecule has 0 saturated carbocycles. The van der Waals surface area contributed by atoms with E-state index in [-0.39, 0.29) is 11.1 Å². The predicted octanol–water partition coefficient (Wildman–Crippen LogP) is 2.97. The van der Waals surface area contributed by atoms with E-state index in [1.165, 1.54) is 24.3 Å². The molecule has 0 unspecified atom stereocenters. The summed E-state index contributed by atoms with van der Waals surface area (Å²) < 4.78 is 0. The van der Waals surface area contributed by atoms with E-state index in [4.69, 9.17) is 5.11 Å². The Kier molecular flexibility index (Phi) is 3.39. The van der Waals surface area contributed by atoms with Crippen LogP contribution in [0.1, 0.15) is 15.9 Å². The number of nitrogens with zero attached hydrogens (tertiary/aromatic N) is 1. The SMILES string of the molecule is Cc1cc(-c2cccc(C(=O)O)c2)c(O)c([N+](=O)[O-])c1. The fraction of sp³-hybridized carbons (Fsp3) is 0.0714. The van der Waals surface area contributed by atoms with E-state index in [2.05, 4.69) is 0 Å². The molecule has 6 nitrogen and oxygen atoms in total. The van der Waals surface area contributed by atoms with E-state index in [0.717, 1.165) is 0 Å². The summed E-state index contributed by atoms with van der Waals surface area (Å²) in [6.45, 7) is 1.66. The summed E-state index contributed by atoms with van der Waals surface area (Å²) >= 11 is 0. The van der Waals surface area contributed by atoms with Crippen molar-refractivity contribution in [2.75, 3.05) is 0 Å². The molecule has 2 aromatic carbocycles. The van der Waals surface area contributed by atoms with Crippen LogP contribution in [0.3, 0.4) is 0 Å². The van der Waals surface area contributed by atoms with Gasteiger partial charge in [-0.25, -0.2) is 4.79 Å². The molecule has 0 heterocycles. The van der Waals surface area contributed by atoms with Crippen molar-refractivity contribution >= 4 is 11.7 Å². The number of nitro benzene ring substituents is 1. The summed E-state index contributed by atoms with van der Waals surface area (Å²) in [5, 5.41) is 29.8. The average molecular weight is 273 g/mol. The summed E-state index contributed by atoms with van der Waals surface area (Å²) in [7, 11) is 0. The molecule has 0 fully saturated rings. The molecule has 0 aromatic heterocycles. The fourth-order valence-electron chi connectivity index (χ4n) is 1.94. The van der Waals surface area contributed by atoms with E-state index in [1.807, 2.05) is 0 Å². The molecule has 2 rings (SSSR count). The summed E-state index contributed by atoms with van der Waals surface area (Å²) in [4.78, 5) is 21.2. The molecular weight excluding hydrogens is 262 g/mol. The third-order valence-electron chi connectivity index (χ3n) is 2.85. The Morgan fingerprint density at radius 1 is 1.25 bits per heavy atom. The van der Waals surface area contributed by atoms with Crippen LogP contribution in [-0.4, -0.2) is 21.1 Å². The van der Waals surface area contributed by atoms with Crippen molar-refractivity contribution in [3.63, 3.8) is 0 Å². The molecule has 0 bridgehead atoms. The number of nitro groups is 1.